The first-order chi connectivity index (χ1) is 18.8. The molecule has 0 spiro atoms. The molecule has 0 amide bonds. The summed E-state index contributed by atoms with van der Waals surface area (Å²) in [6.45, 7) is 0.179. The number of halogens is 3. The van der Waals surface area contributed by atoms with Crippen LogP contribution in [0.2, 0.25) is 0 Å². The summed E-state index contributed by atoms with van der Waals surface area (Å²) in [5, 5.41) is 13.9. The third-order valence-electron chi connectivity index (χ3n) is 5.91. The smallest absolute Gasteiger partial charge is 0.416 e. The summed E-state index contributed by atoms with van der Waals surface area (Å²) < 4.78 is 47.0. The number of para-hydroxylation sites is 1. The number of hydrogen-bond acceptors (Lipinski definition) is 5. The van der Waals surface area contributed by atoms with E-state index >= 15 is 0 Å². The lowest BCUT2D eigenvalue weighted by Crippen LogP contribution is -2.20. The Hall–Kier alpha value is -5.23. The summed E-state index contributed by atoms with van der Waals surface area (Å²) in [6.07, 6.45) is -3.15. The Morgan fingerprint density at radius 1 is 0.949 bits per heavy atom. The molecule has 192 valence electrons. The lowest BCUT2D eigenvalue weighted by molar-refractivity contribution is -0.137. The first-order valence-electron chi connectivity index (χ1n) is 11.8. The molecule has 1 aromatic heterocycles. The van der Waals surface area contributed by atoms with Gasteiger partial charge in [-0.2, -0.15) is 28.2 Å². The Balaban J connectivity index is 1.52. The van der Waals surface area contributed by atoms with E-state index in [1.54, 1.807) is 66.7 Å². The highest BCUT2D eigenvalue weighted by Gasteiger charge is 2.31. The lowest BCUT2D eigenvalue weighted by atomic mass is 10.1. The third-order valence-corrected chi connectivity index (χ3v) is 5.91. The Labute approximate surface area is 220 Å². The normalized spacial score (nSPS) is 11.5. The van der Waals surface area contributed by atoms with Gasteiger partial charge in [-0.3, -0.25) is 4.79 Å². The van der Waals surface area contributed by atoms with Crippen LogP contribution in [0.3, 0.4) is 0 Å². The number of rotatable bonds is 6. The SMILES string of the molecule is N#Cc1ccccc1COc1cccc(C=Nn2c(-c3cccc(C(F)(F)F)c3)nc3ccccc3c2=O)c1. The molecule has 0 radical (unpaired) electrons. The molecule has 0 aliphatic carbocycles. The largest absolute Gasteiger partial charge is 0.489 e. The van der Waals surface area contributed by atoms with E-state index in [4.69, 9.17) is 4.74 Å². The van der Waals surface area contributed by atoms with Crippen molar-refractivity contribution in [3.05, 3.63) is 130 Å². The predicted octanol–water partition coefficient (Wildman–Crippen LogP) is 6.42. The molecule has 0 aliphatic heterocycles. The van der Waals surface area contributed by atoms with Crippen LogP contribution in [0.15, 0.2) is 107 Å². The van der Waals surface area contributed by atoms with Crippen molar-refractivity contribution in [1.82, 2.24) is 9.66 Å². The number of ether oxygens (including phenoxy) is 1. The maximum Gasteiger partial charge on any atom is 0.416 e. The zero-order chi connectivity index (χ0) is 27.4. The van der Waals surface area contributed by atoms with Crippen LogP contribution in [0.25, 0.3) is 22.3 Å². The molecule has 5 aromatic rings. The number of benzene rings is 4. The highest BCUT2D eigenvalue weighted by atomic mass is 19.4. The second kappa shape index (κ2) is 10.6. The van der Waals surface area contributed by atoms with E-state index in [0.29, 0.717) is 22.4 Å². The van der Waals surface area contributed by atoms with Gasteiger partial charge in [0, 0.05) is 11.1 Å². The van der Waals surface area contributed by atoms with Crippen LogP contribution in [-0.2, 0) is 12.8 Å². The summed E-state index contributed by atoms with van der Waals surface area (Å²) in [5.74, 6) is 0.482. The summed E-state index contributed by atoms with van der Waals surface area (Å²) in [4.78, 5) is 17.8. The molecule has 4 aromatic carbocycles. The number of alkyl halides is 3. The zero-order valence-electron chi connectivity index (χ0n) is 20.3. The van der Waals surface area contributed by atoms with E-state index in [1.807, 2.05) is 6.07 Å². The van der Waals surface area contributed by atoms with Gasteiger partial charge < -0.3 is 4.74 Å². The van der Waals surface area contributed by atoms with Gasteiger partial charge in [-0.15, -0.1) is 0 Å². The van der Waals surface area contributed by atoms with Crippen LogP contribution in [0, 0.1) is 11.3 Å². The van der Waals surface area contributed by atoms with E-state index in [2.05, 4.69) is 16.2 Å². The topological polar surface area (TPSA) is 80.3 Å². The quantitative estimate of drug-likeness (QED) is 0.240. The fourth-order valence-electron chi connectivity index (χ4n) is 3.98. The number of nitriles is 1. The van der Waals surface area contributed by atoms with Crippen molar-refractivity contribution in [2.45, 2.75) is 12.8 Å². The Bertz CT molecular complexity index is 1800. The van der Waals surface area contributed by atoms with Gasteiger partial charge in [-0.25, -0.2) is 4.98 Å². The fourth-order valence-corrected chi connectivity index (χ4v) is 3.98. The molecule has 0 N–H and O–H groups in total. The number of hydrogen-bond donors (Lipinski definition) is 0. The Kier molecular flexibility index (Phi) is 6.93. The summed E-state index contributed by atoms with van der Waals surface area (Å²) in [7, 11) is 0. The summed E-state index contributed by atoms with van der Waals surface area (Å²) >= 11 is 0. The molecule has 0 aliphatic rings. The van der Waals surface area contributed by atoms with Gasteiger partial charge >= 0.3 is 6.18 Å². The molecule has 0 saturated carbocycles. The highest BCUT2D eigenvalue weighted by molar-refractivity contribution is 5.82. The third kappa shape index (κ3) is 5.55. The van der Waals surface area contributed by atoms with E-state index in [1.165, 1.54) is 18.3 Å². The molecule has 5 rings (SSSR count). The van der Waals surface area contributed by atoms with E-state index < -0.39 is 17.3 Å². The Morgan fingerprint density at radius 2 is 1.72 bits per heavy atom. The summed E-state index contributed by atoms with van der Waals surface area (Å²) in [5.41, 5.74) is 0.883. The van der Waals surface area contributed by atoms with Crippen LogP contribution in [-0.4, -0.2) is 15.9 Å². The van der Waals surface area contributed by atoms with Gasteiger partial charge in [0.1, 0.15) is 12.4 Å². The molecule has 0 fully saturated rings. The maximum absolute atomic E-state index is 13.4. The standard InChI is InChI=1S/C30H19F3N4O2/c31-30(32,33)24-11-6-10-21(16-24)28-36-27-14-4-3-13-26(27)29(38)37(28)35-18-20-7-5-12-25(15-20)39-19-23-9-2-1-8-22(23)17-34/h1-16,18H,19H2. The second-order valence-corrected chi connectivity index (χ2v) is 8.52. The lowest BCUT2D eigenvalue weighted by Gasteiger charge is -2.12. The van der Waals surface area contributed by atoms with Crippen molar-refractivity contribution < 1.29 is 17.9 Å². The van der Waals surface area contributed by atoms with E-state index in [9.17, 15) is 23.2 Å². The van der Waals surface area contributed by atoms with Crippen LogP contribution >= 0.6 is 0 Å². The molecule has 9 heteroatoms. The van der Waals surface area contributed by atoms with Gasteiger partial charge in [-0.05, 0) is 48.0 Å². The minimum atomic E-state index is -4.56. The number of aromatic nitrogens is 2. The van der Waals surface area contributed by atoms with Crippen molar-refractivity contribution in [3.63, 3.8) is 0 Å². The minimum Gasteiger partial charge on any atom is -0.489 e. The number of nitrogens with zero attached hydrogens (tertiary/aromatic N) is 4. The molecule has 0 saturated heterocycles. The molecule has 39 heavy (non-hydrogen) atoms. The summed E-state index contributed by atoms with van der Waals surface area (Å²) in [6, 6.07) is 27.3. The molecule has 0 atom stereocenters. The molecule has 6 nitrogen and oxygen atoms in total. The van der Waals surface area contributed by atoms with E-state index in [0.717, 1.165) is 22.4 Å². The molecule has 0 unspecified atom stereocenters. The van der Waals surface area contributed by atoms with Gasteiger partial charge in [-0.1, -0.05) is 54.6 Å². The van der Waals surface area contributed by atoms with E-state index in [-0.39, 0.29) is 23.4 Å². The monoisotopic (exact) mass is 524 g/mol. The van der Waals surface area contributed by atoms with Crippen molar-refractivity contribution >= 4 is 17.1 Å². The van der Waals surface area contributed by atoms with Crippen LogP contribution in [0.5, 0.6) is 5.75 Å². The van der Waals surface area contributed by atoms with Crippen LogP contribution in [0.1, 0.15) is 22.3 Å². The minimum absolute atomic E-state index is 0.0263. The first kappa shape index (κ1) is 25.4. The first-order valence-corrected chi connectivity index (χ1v) is 11.8. The average molecular weight is 525 g/mol. The molecule has 1 heterocycles. The van der Waals surface area contributed by atoms with Crippen molar-refractivity contribution in [3.8, 4) is 23.2 Å². The van der Waals surface area contributed by atoms with Gasteiger partial charge in [0.25, 0.3) is 5.56 Å². The second-order valence-electron chi connectivity index (χ2n) is 8.52. The average Bonchev–Trinajstić information content (AvgIpc) is 2.95. The molecule has 0 bridgehead atoms. The van der Waals surface area contributed by atoms with Crippen LogP contribution in [0.4, 0.5) is 13.2 Å². The zero-order valence-corrected chi connectivity index (χ0v) is 20.3. The van der Waals surface area contributed by atoms with Gasteiger partial charge in [0.05, 0.1) is 34.3 Å². The maximum atomic E-state index is 13.4. The van der Waals surface area contributed by atoms with Gasteiger partial charge in [0.15, 0.2) is 5.82 Å². The van der Waals surface area contributed by atoms with Crippen molar-refractivity contribution in [2.75, 3.05) is 0 Å². The molecular formula is C30H19F3N4O2. The highest BCUT2D eigenvalue weighted by Crippen LogP contribution is 2.32. The fraction of sp³-hybridized carbons (Fsp3) is 0.0667. The van der Waals surface area contributed by atoms with Crippen molar-refractivity contribution in [2.24, 2.45) is 5.10 Å². The van der Waals surface area contributed by atoms with Crippen molar-refractivity contribution in [1.29, 1.82) is 5.26 Å². The Morgan fingerprint density at radius 3 is 2.54 bits per heavy atom. The number of fused-ring (bicyclic) bond motifs is 1. The van der Waals surface area contributed by atoms with Crippen LogP contribution < -0.4 is 10.3 Å². The van der Waals surface area contributed by atoms with Gasteiger partial charge in [0.2, 0.25) is 0 Å². The predicted molar refractivity (Wildman–Crippen MR) is 141 cm³/mol. The molecular weight excluding hydrogens is 505 g/mol.